The molecule has 0 unspecified atom stereocenters. The number of carbonyl (C=O) groups is 2. The maximum absolute atomic E-state index is 13.8. The molecule has 0 saturated carbocycles. The standard InChI is InChI=1S/C28H21NO5S/c1-18-11-13-20(14-12-18)28(31)34-27-23-9-5-6-10-24(23)35(32,33)29(2)25(27)26(30)22-16-15-19-7-3-4-8-21(19)17-22/h3-17H,1-2H3. The predicted octanol–water partition coefficient (Wildman–Crippen LogP) is 5.19. The number of nitrogens with zero attached hydrogens (tertiary/aromatic N) is 1. The van der Waals surface area contributed by atoms with Crippen LogP contribution < -0.4 is 0 Å². The quantitative estimate of drug-likeness (QED) is 0.295. The molecule has 7 heteroatoms. The van der Waals surface area contributed by atoms with Crippen LogP contribution in [-0.2, 0) is 14.8 Å². The number of ether oxygens (including phenoxy) is 1. The molecule has 0 fully saturated rings. The zero-order chi connectivity index (χ0) is 24.7. The minimum absolute atomic E-state index is 0.0377. The number of aryl methyl sites for hydroxylation is 1. The number of Topliss-reactive ketones (excluding diaryl/α,β-unsaturated/α-hetero) is 1. The summed E-state index contributed by atoms with van der Waals surface area (Å²) in [5.74, 6) is -1.35. The topological polar surface area (TPSA) is 80.8 Å². The molecule has 6 nitrogen and oxygen atoms in total. The maximum Gasteiger partial charge on any atom is 0.343 e. The van der Waals surface area contributed by atoms with Gasteiger partial charge in [0.05, 0.1) is 10.5 Å². The van der Waals surface area contributed by atoms with Gasteiger partial charge in [0, 0.05) is 18.2 Å². The number of fused-ring (bicyclic) bond motifs is 2. The van der Waals surface area contributed by atoms with Gasteiger partial charge < -0.3 is 4.74 Å². The molecule has 5 rings (SSSR count). The number of esters is 1. The number of sulfonamides is 1. The van der Waals surface area contributed by atoms with E-state index < -0.39 is 21.8 Å². The number of likely N-dealkylation sites (N-methyl/N-ethyl adjacent to an activating group) is 1. The Bertz CT molecular complexity index is 1640. The summed E-state index contributed by atoms with van der Waals surface area (Å²) < 4.78 is 33.3. The fraction of sp³-hybridized carbons (Fsp3) is 0.0714. The van der Waals surface area contributed by atoms with Gasteiger partial charge in [-0.05, 0) is 48.0 Å². The smallest absolute Gasteiger partial charge is 0.343 e. The molecule has 0 bridgehead atoms. The van der Waals surface area contributed by atoms with Crippen molar-refractivity contribution in [3.8, 4) is 0 Å². The lowest BCUT2D eigenvalue weighted by atomic mass is 10.0. The van der Waals surface area contributed by atoms with E-state index in [0.29, 0.717) is 0 Å². The van der Waals surface area contributed by atoms with Crippen LogP contribution in [0.5, 0.6) is 0 Å². The van der Waals surface area contributed by atoms with Crippen LogP contribution in [0.25, 0.3) is 16.5 Å². The van der Waals surface area contributed by atoms with E-state index in [2.05, 4.69) is 0 Å². The van der Waals surface area contributed by atoms with Gasteiger partial charge in [-0.1, -0.05) is 66.2 Å². The van der Waals surface area contributed by atoms with Gasteiger partial charge in [0.15, 0.2) is 5.76 Å². The van der Waals surface area contributed by atoms with Crippen molar-refractivity contribution in [1.82, 2.24) is 4.31 Å². The van der Waals surface area contributed by atoms with E-state index in [1.807, 2.05) is 31.2 Å². The Hall–Kier alpha value is -4.23. The summed E-state index contributed by atoms with van der Waals surface area (Å²) in [6.07, 6.45) is 0. The Morgan fingerprint density at radius 1 is 0.771 bits per heavy atom. The van der Waals surface area contributed by atoms with E-state index in [1.165, 1.54) is 19.2 Å². The van der Waals surface area contributed by atoms with Crippen molar-refractivity contribution in [1.29, 1.82) is 0 Å². The van der Waals surface area contributed by atoms with Crippen LogP contribution in [0.4, 0.5) is 0 Å². The normalized spacial score (nSPS) is 14.5. The number of allylic oxidation sites excluding steroid dienone is 1. The van der Waals surface area contributed by atoms with Gasteiger partial charge in [-0.3, -0.25) is 9.10 Å². The van der Waals surface area contributed by atoms with Crippen LogP contribution in [0.3, 0.4) is 0 Å². The van der Waals surface area contributed by atoms with Crippen LogP contribution >= 0.6 is 0 Å². The number of carbonyl (C=O) groups excluding carboxylic acids is 2. The Morgan fingerprint density at radius 3 is 2.14 bits per heavy atom. The summed E-state index contributed by atoms with van der Waals surface area (Å²) in [4.78, 5) is 26.8. The van der Waals surface area contributed by atoms with Crippen molar-refractivity contribution < 1.29 is 22.7 Å². The highest BCUT2D eigenvalue weighted by atomic mass is 32.2. The van der Waals surface area contributed by atoms with Gasteiger partial charge in [0.25, 0.3) is 10.0 Å². The zero-order valence-corrected chi connectivity index (χ0v) is 19.9. The summed E-state index contributed by atoms with van der Waals surface area (Å²) in [5.41, 5.74) is 1.48. The molecular weight excluding hydrogens is 462 g/mol. The van der Waals surface area contributed by atoms with Crippen LogP contribution in [0.15, 0.2) is 102 Å². The Labute approximate surface area is 203 Å². The lowest BCUT2D eigenvalue weighted by Crippen LogP contribution is -2.36. The highest BCUT2D eigenvalue weighted by Crippen LogP contribution is 2.38. The molecule has 0 aromatic heterocycles. The molecule has 0 atom stereocenters. The SMILES string of the molecule is Cc1ccc(C(=O)OC2=C(C(=O)c3ccc4ccccc4c3)N(C)S(=O)(=O)c3ccccc32)cc1. The first-order chi connectivity index (χ1) is 16.8. The van der Waals surface area contributed by atoms with E-state index in [1.54, 1.807) is 54.6 Å². The molecule has 0 aliphatic carbocycles. The van der Waals surface area contributed by atoms with Crippen LogP contribution in [-0.4, -0.2) is 31.5 Å². The molecule has 0 spiro atoms. The number of benzene rings is 4. The van der Waals surface area contributed by atoms with Crippen molar-refractivity contribution >= 4 is 38.3 Å². The van der Waals surface area contributed by atoms with Gasteiger partial charge in [0.2, 0.25) is 5.78 Å². The lowest BCUT2D eigenvalue weighted by molar-refractivity contribution is 0.0686. The van der Waals surface area contributed by atoms with Gasteiger partial charge in [-0.2, -0.15) is 0 Å². The molecule has 0 radical (unpaired) electrons. The summed E-state index contributed by atoms with van der Waals surface area (Å²) in [6, 6.07) is 25.7. The summed E-state index contributed by atoms with van der Waals surface area (Å²) in [7, 11) is -2.75. The molecule has 1 aliphatic heterocycles. The molecular formula is C28H21NO5S. The summed E-state index contributed by atoms with van der Waals surface area (Å²) in [5, 5.41) is 1.78. The average Bonchev–Trinajstić information content (AvgIpc) is 2.87. The minimum atomic E-state index is -4.04. The molecule has 1 aliphatic rings. The Kier molecular flexibility index (Phi) is 5.49. The van der Waals surface area contributed by atoms with E-state index in [0.717, 1.165) is 20.6 Å². The monoisotopic (exact) mass is 483 g/mol. The van der Waals surface area contributed by atoms with Gasteiger partial charge >= 0.3 is 5.97 Å². The van der Waals surface area contributed by atoms with Crippen molar-refractivity contribution in [3.05, 3.63) is 119 Å². The number of hydrogen-bond donors (Lipinski definition) is 0. The highest BCUT2D eigenvalue weighted by Gasteiger charge is 2.39. The number of hydrogen-bond acceptors (Lipinski definition) is 5. The first kappa shape index (κ1) is 22.6. The number of ketones is 1. The molecule has 4 aromatic carbocycles. The second kappa shape index (κ2) is 8.52. The van der Waals surface area contributed by atoms with Crippen molar-refractivity contribution in [2.45, 2.75) is 11.8 Å². The maximum atomic E-state index is 13.8. The first-order valence-corrected chi connectivity index (χ1v) is 12.4. The molecule has 35 heavy (non-hydrogen) atoms. The third-order valence-electron chi connectivity index (χ3n) is 6.01. The zero-order valence-electron chi connectivity index (χ0n) is 19.1. The molecule has 4 aromatic rings. The fourth-order valence-corrected chi connectivity index (χ4v) is 5.47. The first-order valence-electron chi connectivity index (χ1n) is 10.9. The van der Waals surface area contributed by atoms with Crippen LogP contribution in [0.2, 0.25) is 0 Å². The van der Waals surface area contributed by atoms with Crippen molar-refractivity contribution in [3.63, 3.8) is 0 Å². The molecule has 1 heterocycles. The third kappa shape index (κ3) is 3.90. The fourth-order valence-electron chi connectivity index (χ4n) is 4.08. The second-order valence-corrected chi connectivity index (χ2v) is 10.2. The third-order valence-corrected chi connectivity index (χ3v) is 7.82. The predicted molar refractivity (Wildman–Crippen MR) is 133 cm³/mol. The summed E-state index contributed by atoms with van der Waals surface area (Å²) >= 11 is 0. The Balaban J connectivity index is 1.69. The van der Waals surface area contributed by atoms with Crippen LogP contribution in [0.1, 0.15) is 31.8 Å². The van der Waals surface area contributed by atoms with Crippen molar-refractivity contribution in [2.24, 2.45) is 0 Å². The number of rotatable bonds is 4. The summed E-state index contributed by atoms with van der Waals surface area (Å²) in [6.45, 7) is 1.90. The van der Waals surface area contributed by atoms with E-state index in [-0.39, 0.29) is 33.0 Å². The van der Waals surface area contributed by atoms with E-state index in [9.17, 15) is 18.0 Å². The minimum Gasteiger partial charge on any atom is -0.420 e. The van der Waals surface area contributed by atoms with Gasteiger partial charge in [-0.15, -0.1) is 0 Å². The van der Waals surface area contributed by atoms with E-state index in [4.69, 9.17) is 4.74 Å². The average molecular weight is 484 g/mol. The molecule has 0 amide bonds. The Morgan fingerprint density at radius 2 is 1.40 bits per heavy atom. The lowest BCUT2D eigenvalue weighted by Gasteiger charge is -2.30. The largest absolute Gasteiger partial charge is 0.420 e. The van der Waals surface area contributed by atoms with E-state index >= 15 is 0 Å². The van der Waals surface area contributed by atoms with Gasteiger partial charge in [0.1, 0.15) is 5.70 Å². The second-order valence-electron chi connectivity index (χ2n) is 8.29. The van der Waals surface area contributed by atoms with Crippen molar-refractivity contribution in [2.75, 3.05) is 7.05 Å². The van der Waals surface area contributed by atoms with Crippen LogP contribution in [0, 0.1) is 6.92 Å². The molecule has 0 N–H and O–H groups in total. The highest BCUT2D eigenvalue weighted by molar-refractivity contribution is 7.89. The molecule has 174 valence electrons. The van der Waals surface area contributed by atoms with Gasteiger partial charge in [-0.25, -0.2) is 13.2 Å². The molecule has 0 saturated heterocycles.